The summed E-state index contributed by atoms with van der Waals surface area (Å²) in [6, 6.07) is 4.99. The average molecular weight is 442 g/mol. The Hall–Kier alpha value is -2.24. The van der Waals surface area contributed by atoms with Crippen molar-refractivity contribution < 1.29 is 22.8 Å². The Balaban J connectivity index is 1.46. The van der Waals surface area contributed by atoms with Crippen molar-refractivity contribution in [1.29, 1.82) is 0 Å². The van der Waals surface area contributed by atoms with Gasteiger partial charge in [-0.15, -0.1) is 0 Å². The van der Waals surface area contributed by atoms with Gasteiger partial charge in [0.2, 0.25) is 0 Å². The van der Waals surface area contributed by atoms with Gasteiger partial charge >= 0.3 is 6.18 Å². The Labute approximate surface area is 175 Å². The highest BCUT2D eigenvalue weighted by Gasteiger charge is 2.38. The molecule has 0 radical (unpaired) electrons. The molecule has 1 aliphatic heterocycles. The highest BCUT2D eigenvalue weighted by atomic mass is 32.1. The molecule has 2 aromatic rings. The van der Waals surface area contributed by atoms with Gasteiger partial charge in [-0.25, -0.2) is 4.98 Å². The number of alkyl halides is 3. The summed E-state index contributed by atoms with van der Waals surface area (Å²) in [6.45, 7) is 0.624. The van der Waals surface area contributed by atoms with E-state index >= 15 is 0 Å². The number of nitrogens with one attached hydrogen (secondary N) is 1. The van der Waals surface area contributed by atoms with Crippen molar-refractivity contribution in [2.45, 2.75) is 56.7 Å². The number of thiazole rings is 1. The van der Waals surface area contributed by atoms with E-state index in [9.17, 15) is 23.3 Å². The first kappa shape index (κ1) is 21.0. The molecule has 2 heterocycles. The van der Waals surface area contributed by atoms with Gasteiger partial charge in [0.15, 0.2) is 5.13 Å². The Morgan fingerprint density at radius 1 is 1.37 bits per heavy atom. The van der Waals surface area contributed by atoms with Gasteiger partial charge in [0.1, 0.15) is 11.1 Å². The summed E-state index contributed by atoms with van der Waals surface area (Å²) >= 11 is 0.617. The number of fused-ring (bicyclic) bond motifs is 1. The van der Waals surface area contributed by atoms with Crippen LogP contribution in [0.1, 0.15) is 47.9 Å². The molecule has 1 fully saturated rings. The van der Waals surface area contributed by atoms with Crippen LogP contribution < -0.4 is 5.32 Å². The number of hydrogen-bond donors (Lipinski definition) is 1. The Morgan fingerprint density at radius 2 is 2.17 bits per heavy atom. The van der Waals surface area contributed by atoms with Gasteiger partial charge in [-0.1, -0.05) is 17.4 Å². The van der Waals surface area contributed by atoms with Gasteiger partial charge < -0.3 is 10.1 Å². The molecule has 7 nitrogen and oxygen atoms in total. The van der Waals surface area contributed by atoms with E-state index in [1.165, 1.54) is 6.07 Å². The van der Waals surface area contributed by atoms with E-state index in [4.69, 9.17) is 4.74 Å². The molecule has 1 unspecified atom stereocenters. The molecule has 1 saturated carbocycles. The first-order valence-corrected chi connectivity index (χ1v) is 10.4. The Morgan fingerprint density at radius 3 is 2.83 bits per heavy atom. The van der Waals surface area contributed by atoms with Crippen LogP contribution >= 0.6 is 11.3 Å². The predicted octanol–water partition coefficient (Wildman–Crippen LogP) is 4.95. The maximum absolute atomic E-state index is 12.8. The van der Waals surface area contributed by atoms with Crippen LogP contribution in [-0.2, 0) is 17.5 Å². The smallest absolute Gasteiger partial charge is 0.362 e. The van der Waals surface area contributed by atoms with Crippen molar-refractivity contribution in [1.82, 2.24) is 9.88 Å². The van der Waals surface area contributed by atoms with Crippen molar-refractivity contribution in [2.75, 3.05) is 12.4 Å². The lowest BCUT2D eigenvalue weighted by Crippen LogP contribution is -2.41. The second-order valence-corrected chi connectivity index (χ2v) is 8.62. The number of non-ortho nitro benzene ring substituents is 1. The van der Waals surface area contributed by atoms with Gasteiger partial charge in [-0.3, -0.25) is 15.0 Å². The number of benzene rings is 1. The van der Waals surface area contributed by atoms with Gasteiger partial charge in [-0.05, 0) is 31.2 Å². The average Bonchev–Trinajstić information content (AvgIpc) is 3.31. The molecule has 0 bridgehead atoms. The maximum Gasteiger partial charge on any atom is 0.427 e. The number of nitro benzene ring substituents is 1. The monoisotopic (exact) mass is 442 g/mol. The molecule has 0 saturated heterocycles. The zero-order valence-corrected chi connectivity index (χ0v) is 17.0. The molecule has 1 N–H and O–H groups in total. The number of hydrogen-bond acceptors (Lipinski definition) is 7. The summed E-state index contributed by atoms with van der Waals surface area (Å²) in [5.41, 5.74) is 1.83. The lowest BCUT2D eigenvalue weighted by Gasteiger charge is -2.38. The topological polar surface area (TPSA) is 80.5 Å². The molecule has 1 aromatic heterocycles. The molecular formula is C19H21F3N4O3S. The summed E-state index contributed by atoms with van der Waals surface area (Å²) in [6.07, 6.45) is -0.470. The van der Waals surface area contributed by atoms with E-state index in [0.29, 0.717) is 17.9 Å². The number of anilines is 1. The van der Waals surface area contributed by atoms with Crippen LogP contribution in [0, 0.1) is 10.1 Å². The Kier molecular flexibility index (Phi) is 5.69. The largest absolute Gasteiger partial charge is 0.427 e. The van der Waals surface area contributed by atoms with Crippen LogP contribution in [-0.4, -0.2) is 34.0 Å². The summed E-state index contributed by atoms with van der Waals surface area (Å²) in [5.74, 6) is 0. The van der Waals surface area contributed by atoms with Crippen LogP contribution in [0.3, 0.4) is 0 Å². The van der Waals surface area contributed by atoms with Crippen LogP contribution in [0.5, 0.6) is 0 Å². The van der Waals surface area contributed by atoms with Gasteiger partial charge in [0.25, 0.3) is 5.69 Å². The molecule has 1 aliphatic carbocycles. The van der Waals surface area contributed by atoms with Crippen molar-refractivity contribution in [3.63, 3.8) is 0 Å². The summed E-state index contributed by atoms with van der Waals surface area (Å²) in [4.78, 5) is 16.1. The number of aromatic nitrogens is 1. The second-order valence-electron chi connectivity index (χ2n) is 7.59. The van der Waals surface area contributed by atoms with Crippen molar-refractivity contribution >= 4 is 22.2 Å². The molecule has 11 heteroatoms. The third-order valence-corrected chi connectivity index (χ3v) is 6.69. The Bertz CT molecular complexity index is 936. The first-order chi connectivity index (χ1) is 14.3. The molecule has 30 heavy (non-hydrogen) atoms. The number of nitro groups is 1. The highest BCUT2D eigenvalue weighted by molar-refractivity contribution is 7.15. The summed E-state index contributed by atoms with van der Waals surface area (Å²) < 4.78 is 44.1. The zero-order chi connectivity index (χ0) is 21.5. The van der Waals surface area contributed by atoms with E-state index in [-0.39, 0.29) is 29.1 Å². The van der Waals surface area contributed by atoms with Crippen molar-refractivity contribution in [3.8, 4) is 0 Å². The number of rotatable bonds is 5. The molecule has 1 aromatic carbocycles. The quantitative estimate of drug-likeness (QED) is 0.521. The minimum atomic E-state index is -4.39. The number of nitrogens with zero attached hydrogens (tertiary/aromatic N) is 3. The van der Waals surface area contributed by atoms with E-state index in [1.54, 1.807) is 19.2 Å². The van der Waals surface area contributed by atoms with Crippen LogP contribution in [0.2, 0.25) is 0 Å². The zero-order valence-electron chi connectivity index (χ0n) is 16.2. The van der Waals surface area contributed by atoms with E-state index in [1.807, 2.05) is 0 Å². The molecular weight excluding hydrogens is 421 g/mol. The normalized spacial score (nSPS) is 24.6. The lowest BCUT2D eigenvalue weighted by molar-refractivity contribution is -0.385. The van der Waals surface area contributed by atoms with Gasteiger partial charge in [0.05, 0.1) is 11.1 Å². The minimum absolute atomic E-state index is 0.00605. The van der Waals surface area contributed by atoms with Crippen molar-refractivity contribution in [3.05, 3.63) is 50.5 Å². The fourth-order valence-electron chi connectivity index (χ4n) is 4.35. The maximum atomic E-state index is 12.8. The molecule has 0 spiro atoms. The number of halogens is 3. The SMILES string of the molecule is COC1c2cc([N+](=O)[O-])ccc2CN1[C@H]1CCC[C@@H](Nc2ncc(C(F)(F)F)s2)C1. The first-order valence-electron chi connectivity index (χ1n) is 9.61. The van der Waals surface area contributed by atoms with E-state index in [2.05, 4.69) is 15.2 Å². The van der Waals surface area contributed by atoms with Gasteiger partial charge in [0, 0.05) is 43.4 Å². The predicted molar refractivity (Wildman–Crippen MR) is 105 cm³/mol. The van der Waals surface area contributed by atoms with Crippen LogP contribution in [0.25, 0.3) is 0 Å². The minimum Gasteiger partial charge on any atom is -0.362 e. The standard InChI is InChI=1S/C19H21F3N4O3S/c1-29-17-15-8-14(26(27)28)6-5-11(15)10-25(17)13-4-2-3-12(7-13)24-18-23-9-16(30-18)19(20,21)22/h5-6,8-9,12-13,17H,2-4,7,10H2,1H3,(H,23,24)/t12-,13+,17?/m1/s1. The third kappa shape index (κ3) is 4.14. The molecule has 3 atom stereocenters. The molecule has 4 rings (SSSR count). The van der Waals surface area contributed by atoms with E-state index in [0.717, 1.165) is 43.0 Å². The number of ether oxygens (including phenoxy) is 1. The highest BCUT2D eigenvalue weighted by Crippen LogP contribution is 2.41. The molecule has 0 amide bonds. The van der Waals surface area contributed by atoms with Gasteiger partial charge in [-0.2, -0.15) is 13.2 Å². The molecule has 2 aliphatic rings. The summed E-state index contributed by atoms with van der Waals surface area (Å²) in [7, 11) is 1.58. The fraction of sp³-hybridized carbons (Fsp3) is 0.526. The second kappa shape index (κ2) is 8.12. The van der Waals surface area contributed by atoms with Crippen LogP contribution in [0.4, 0.5) is 24.0 Å². The van der Waals surface area contributed by atoms with E-state index < -0.39 is 16.0 Å². The van der Waals surface area contributed by atoms with Crippen LogP contribution in [0.15, 0.2) is 24.4 Å². The fourth-order valence-corrected chi connectivity index (χ4v) is 5.11. The third-order valence-electron chi connectivity index (χ3n) is 5.71. The number of methoxy groups -OCH3 is 1. The summed E-state index contributed by atoms with van der Waals surface area (Å²) in [5, 5.41) is 14.6. The lowest BCUT2D eigenvalue weighted by atomic mass is 9.90. The van der Waals surface area contributed by atoms with Crippen molar-refractivity contribution in [2.24, 2.45) is 0 Å². The molecule has 162 valence electrons.